The zero-order valence-corrected chi connectivity index (χ0v) is 22.5. The molecule has 0 aliphatic rings. The summed E-state index contributed by atoms with van der Waals surface area (Å²) in [6.45, 7) is 3.47. The summed E-state index contributed by atoms with van der Waals surface area (Å²) in [7, 11) is 1.32. The summed E-state index contributed by atoms with van der Waals surface area (Å²) in [5.74, 6) is -0.602. The topological polar surface area (TPSA) is 33.2 Å². The molecule has 1 heterocycles. The van der Waals surface area contributed by atoms with Crippen LogP contribution in [0.2, 0.25) is 0 Å². The maximum Gasteiger partial charge on any atom is 0.416 e. The number of nitrogens with zero attached hydrogens (tertiary/aromatic N) is 2. The quantitative estimate of drug-likeness (QED) is 0.146. The van der Waals surface area contributed by atoms with Gasteiger partial charge in [-0.1, -0.05) is 50.5 Å². The van der Waals surface area contributed by atoms with Crippen molar-refractivity contribution < 1.29 is 31.1 Å². The lowest BCUT2D eigenvalue weighted by Gasteiger charge is -2.22. The maximum atomic E-state index is 13.5. The van der Waals surface area contributed by atoms with Crippen molar-refractivity contribution in [2.24, 2.45) is 0 Å². The van der Waals surface area contributed by atoms with E-state index in [0.717, 1.165) is 35.3 Å². The summed E-state index contributed by atoms with van der Waals surface area (Å²) in [6, 6.07) is 10.4. The Morgan fingerprint density at radius 3 is 2.13 bits per heavy atom. The third-order valence-corrected chi connectivity index (χ3v) is 6.83. The second-order valence-corrected chi connectivity index (χ2v) is 10.0. The summed E-state index contributed by atoms with van der Waals surface area (Å²) in [5, 5.41) is -0.382. The van der Waals surface area contributed by atoms with Crippen LogP contribution in [-0.4, -0.2) is 22.8 Å². The van der Waals surface area contributed by atoms with Crippen LogP contribution in [0.4, 0.5) is 26.3 Å². The Morgan fingerprint density at radius 1 is 0.949 bits per heavy atom. The van der Waals surface area contributed by atoms with E-state index in [4.69, 9.17) is 11.6 Å². The number of hydrogen-bond donors (Lipinski definition) is 0. The lowest BCUT2D eigenvalue weighted by molar-refractivity contribution is -0.143. The molecule has 10 heteroatoms. The van der Waals surface area contributed by atoms with Crippen molar-refractivity contribution in [2.45, 2.75) is 63.8 Å². The molecule has 1 aromatic heterocycles. The van der Waals surface area contributed by atoms with Gasteiger partial charge in [-0.25, -0.2) is 0 Å². The van der Waals surface area contributed by atoms with Gasteiger partial charge in [-0.05, 0) is 59.9 Å². The molecule has 0 aliphatic heterocycles. The van der Waals surface area contributed by atoms with Gasteiger partial charge in [0.15, 0.2) is 0 Å². The molecule has 3 rings (SSSR count). The van der Waals surface area contributed by atoms with Crippen molar-refractivity contribution in [1.82, 2.24) is 9.88 Å². The van der Waals surface area contributed by atoms with Gasteiger partial charge in [0.05, 0.1) is 27.8 Å². The summed E-state index contributed by atoms with van der Waals surface area (Å²) < 4.78 is 79.9. The Kier molecular flexibility index (Phi) is 9.69. The summed E-state index contributed by atoms with van der Waals surface area (Å²) >= 11 is 6.60. The van der Waals surface area contributed by atoms with Crippen molar-refractivity contribution in [1.29, 1.82) is 0 Å². The molecule has 39 heavy (non-hydrogen) atoms. The summed E-state index contributed by atoms with van der Waals surface area (Å²) in [4.78, 5) is 19.0. The fourth-order valence-corrected chi connectivity index (χ4v) is 4.57. The van der Waals surface area contributed by atoms with E-state index in [2.05, 4.69) is 11.9 Å². The highest BCUT2D eigenvalue weighted by atomic mass is 35.5. The van der Waals surface area contributed by atoms with Crippen LogP contribution in [0.1, 0.15) is 76.3 Å². The van der Waals surface area contributed by atoms with E-state index in [1.165, 1.54) is 13.2 Å². The average Bonchev–Trinajstić information content (AvgIpc) is 2.87. The van der Waals surface area contributed by atoms with Crippen LogP contribution in [0.15, 0.2) is 54.7 Å². The molecule has 1 atom stereocenters. The number of benzene rings is 2. The molecule has 0 bridgehead atoms. The molecule has 3 aromatic rings. The van der Waals surface area contributed by atoms with Crippen LogP contribution < -0.4 is 0 Å². The van der Waals surface area contributed by atoms with E-state index in [1.54, 1.807) is 12.1 Å². The fraction of sp³-hybridized carbons (Fsp3) is 0.379. The average molecular weight is 571 g/mol. The largest absolute Gasteiger partial charge is 0.416 e. The van der Waals surface area contributed by atoms with Crippen molar-refractivity contribution in [3.63, 3.8) is 0 Å². The minimum atomic E-state index is -4.98. The molecular weight excluding hydrogens is 542 g/mol. The van der Waals surface area contributed by atoms with Gasteiger partial charge in [0.2, 0.25) is 0 Å². The molecule has 0 saturated carbocycles. The van der Waals surface area contributed by atoms with E-state index >= 15 is 0 Å². The first-order valence-electron chi connectivity index (χ1n) is 12.5. The SMILES string of the molecule is CCCCCC(Cl)c1cc(-c2ccccc2C)c(C(=O)N(C)Cc2cc(C(F)(F)F)cc(C(F)(F)F)c2)cn1. The molecule has 2 aromatic carbocycles. The highest BCUT2D eigenvalue weighted by Crippen LogP contribution is 2.37. The van der Waals surface area contributed by atoms with Gasteiger partial charge >= 0.3 is 12.4 Å². The van der Waals surface area contributed by atoms with Crippen molar-refractivity contribution in [3.8, 4) is 11.1 Å². The number of aryl methyl sites for hydroxylation is 1. The monoisotopic (exact) mass is 570 g/mol. The van der Waals surface area contributed by atoms with Gasteiger partial charge in [-0.2, -0.15) is 26.3 Å². The summed E-state index contributed by atoms with van der Waals surface area (Å²) in [5.41, 5.74) is -0.270. The first-order chi connectivity index (χ1) is 18.2. The molecule has 0 saturated heterocycles. The molecule has 1 amide bonds. The number of unbranched alkanes of at least 4 members (excludes halogenated alkanes) is 2. The number of carbonyl (C=O) groups is 1. The Hall–Kier alpha value is -3.07. The van der Waals surface area contributed by atoms with Gasteiger partial charge in [-0.3, -0.25) is 9.78 Å². The number of carbonyl (C=O) groups excluding carboxylic acids is 1. The van der Waals surface area contributed by atoms with Crippen LogP contribution in [0.5, 0.6) is 0 Å². The van der Waals surface area contributed by atoms with Crippen molar-refractivity contribution >= 4 is 17.5 Å². The molecular formula is C29H29ClF6N2O. The molecule has 3 nitrogen and oxygen atoms in total. The smallest absolute Gasteiger partial charge is 0.337 e. The minimum absolute atomic E-state index is 0.0628. The van der Waals surface area contributed by atoms with Crippen LogP contribution in [-0.2, 0) is 18.9 Å². The number of aromatic nitrogens is 1. The number of amides is 1. The zero-order valence-electron chi connectivity index (χ0n) is 21.8. The second-order valence-electron chi connectivity index (χ2n) is 9.51. The van der Waals surface area contributed by atoms with Crippen molar-refractivity contribution in [3.05, 3.63) is 88.2 Å². The first-order valence-corrected chi connectivity index (χ1v) is 12.9. The predicted octanol–water partition coefficient (Wildman–Crippen LogP) is 9.23. The Morgan fingerprint density at radius 2 is 1.56 bits per heavy atom. The number of pyridine rings is 1. The Balaban J connectivity index is 2.00. The maximum absolute atomic E-state index is 13.5. The number of rotatable bonds is 9. The third kappa shape index (κ3) is 7.75. The zero-order chi connectivity index (χ0) is 29.0. The Bertz CT molecular complexity index is 1270. The predicted molar refractivity (Wildman–Crippen MR) is 139 cm³/mol. The van der Waals surface area contributed by atoms with Gasteiger partial charge in [0.1, 0.15) is 0 Å². The molecule has 0 N–H and O–H groups in total. The van der Waals surface area contributed by atoms with Gasteiger partial charge < -0.3 is 4.90 Å². The van der Waals surface area contributed by atoms with E-state index in [1.807, 2.05) is 25.1 Å². The van der Waals surface area contributed by atoms with Gasteiger partial charge in [-0.15, -0.1) is 11.6 Å². The highest BCUT2D eigenvalue weighted by Gasteiger charge is 2.37. The highest BCUT2D eigenvalue weighted by molar-refractivity contribution is 6.20. The van der Waals surface area contributed by atoms with Gasteiger partial charge in [0.25, 0.3) is 5.91 Å². The fourth-order valence-electron chi connectivity index (χ4n) is 4.29. The van der Waals surface area contributed by atoms with E-state index in [-0.39, 0.29) is 22.6 Å². The van der Waals surface area contributed by atoms with Crippen LogP contribution in [0.25, 0.3) is 11.1 Å². The van der Waals surface area contributed by atoms with E-state index < -0.39 is 35.9 Å². The van der Waals surface area contributed by atoms with E-state index in [0.29, 0.717) is 29.8 Å². The number of halogens is 7. The van der Waals surface area contributed by atoms with Gasteiger partial charge in [0, 0.05) is 19.8 Å². The van der Waals surface area contributed by atoms with Crippen LogP contribution in [0.3, 0.4) is 0 Å². The number of alkyl halides is 7. The van der Waals surface area contributed by atoms with Crippen LogP contribution >= 0.6 is 11.6 Å². The lowest BCUT2D eigenvalue weighted by atomic mass is 9.95. The molecule has 0 aliphatic carbocycles. The first kappa shape index (κ1) is 30.5. The van der Waals surface area contributed by atoms with Crippen LogP contribution in [0, 0.1) is 6.92 Å². The second kappa shape index (κ2) is 12.4. The van der Waals surface area contributed by atoms with E-state index in [9.17, 15) is 31.1 Å². The molecule has 1 unspecified atom stereocenters. The van der Waals surface area contributed by atoms with Crippen molar-refractivity contribution in [2.75, 3.05) is 7.05 Å². The minimum Gasteiger partial charge on any atom is -0.337 e. The Labute approximate surface area is 228 Å². The lowest BCUT2D eigenvalue weighted by Crippen LogP contribution is -2.27. The molecule has 210 valence electrons. The molecule has 0 spiro atoms. The summed E-state index contributed by atoms with van der Waals surface area (Å²) in [6.07, 6.45) is -4.94. The molecule has 0 radical (unpaired) electrons. The number of hydrogen-bond acceptors (Lipinski definition) is 2. The normalized spacial score (nSPS) is 12.9. The third-order valence-electron chi connectivity index (χ3n) is 6.39. The standard InChI is InChI=1S/C29H29ClF6N2O/c1-4-5-6-11-25(30)26-15-23(22-10-8-7-9-18(22)2)24(16-37-26)27(39)38(3)17-19-12-20(28(31,32)33)14-21(13-19)29(34,35)36/h7-10,12-16,25H,4-6,11,17H2,1-3H3. The molecule has 0 fully saturated rings.